The first kappa shape index (κ1) is 23.3. The number of hydrogen-bond acceptors (Lipinski definition) is 7. The normalized spacial score (nSPS) is 11.0. The summed E-state index contributed by atoms with van der Waals surface area (Å²) in [6, 6.07) is 16.3. The van der Waals surface area contributed by atoms with Crippen molar-refractivity contribution in [1.82, 2.24) is 10.0 Å². The minimum Gasteiger partial charge on any atom is -0.452 e. The molecule has 0 aliphatic carbocycles. The molecule has 32 heavy (non-hydrogen) atoms. The van der Waals surface area contributed by atoms with Gasteiger partial charge in [0.25, 0.3) is 11.8 Å². The number of carbonyl (C=O) groups excluding carboxylic acids is 3. The number of hydrogen-bond donors (Lipinski definition) is 2. The number of nitrogens with one attached hydrogen (secondary N) is 2. The van der Waals surface area contributed by atoms with Crippen LogP contribution in [-0.4, -0.2) is 32.8 Å². The van der Waals surface area contributed by atoms with Gasteiger partial charge in [0, 0.05) is 6.54 Å². The Kier molecular flexibility index (Phi) is 7.52. The zero-order valence-corrected chi connectivity index (χ0v) is 18.7. The number of thiophene rings is 1. The van der Waals surface area contributed by atoms with Gasteiger partial charge in [-0.05, 0) is 41.6 Å². The van der Waals surface area contributed by atoms with Gasteiger partial charge in [-0.3, -0.25) is 14.9 Å². The lowest BCUT2D eigenvalue weighted by Crippen LogP contribution is -2.33. The van der Waals surface area contributed by atoms with Crippen LogP contribution >= 0.6 is 11.3 Å². The highest BCUT2D eigenvalue weighted by Crippen LogP contribution is 2.18. The van der Waals surface area contributed by atoms with Crippen LogP contribution in [0.15, 0.2) is 70.9 Å². The molecule has 0 atom stereocenters. The Morgan fingerprint density at radius 3 is 2.44 bits per heavy atom. The van der Waals surface area contributed by atoms with Crippen LogP contribution in [-0.2, 0) is 26.1 Å². The van der Waals surface area contributed by atoms with Crippen molar-refractivity contribution in [3.63, 3.8) is 0 Å². The molecule has 0 fully saturated rings. The summed E-state index contributed by atoms with van der Waals surface area (Å²) in [7, 11) is -3.90. The average molecular weight is 473 g/mol. The first-order valence-electron chi connectivity index (χ1n) is 9.45. The topological polar surface area (TPSA) is 119 Å². The number of aryl methyl sites for hydroxylation is 1. The fraction of sp³-hybridized carbons (Fsp3) is 0.136. The SMILES string of the molecule is Cc1ccc(C(=O)OCC(=O)NC(=O)c2cccs2)cc1S(=O)(=O)NCc1ccccc1. The van der Waals surface area contributed by atoms with Crippen LogP contribution in [0.3, 0.4) is 0 Å². The van der Waals surface area contributed by atoms with Crippen molar-refractivity contribution in [2.45, 2.75) is 18.4 Å². The Labute approximate surface area is 189 Å². The molecule has 3 rings (SSSR count). The van der Waals surface area contributed by atoms with E-state index in [0.717, 1.165) is 5.56 Å². The maximum Gasteiger partial charge on any atom is 0.338 e. The Balaban J connectivity index is 1.63. The second kappa shape index (κ2) is 10.3. The van der Waals surface area contributed by atoms with E-state index < -0.39 is 34.4 Å². The van der Waals surface area contributed by atoms with Gasteiger partial charge in [-0.1, -0.05) is 42.5 Å². The Hall–Kier alpha value is -3.34. The van der Waals surface area contributed by atoms with Gasteiger partial charge < -0.3 is 4.74 Å². The van der Waals surface area contributed by atoms with E-state index in [9.17, 15) is 22.8 Å². The van der Waals surface area contributed by atoms with Crippen molar-refractivity contribution in [1.29, 1.82) is 0 Å². The molecule has 0 unspecified atom stereocenters. The van der Waals surface area contributed by atoms with Gasteiger partial charge in [-0.25, -0.2) is 17.9 Å². The van der Waals surface area contributed by atoms with Crippen molar-refractivity contribution in [3.8, 4) is 0 Å². The third kappa shape index (κ3) is 6.10. The molecule has 0 radical (unpaired) electrons. The molecule has 0 bridgehead atoms. The van der Waals surface area contributed by atoms with E-state index in [-0.39, 0.29) is 17.0 Å². The molecule has 0 aliphatic rings. The van der Waals surface area contributed by atoms with Gasteiger partial charge >= 0.3 is 5.97 Å². The van der Waals surface area contributed by atoms with E-state index in [1.165, 1.54) is 29.5 Å². The lowest BCUT2D eigenvalue weighted by atomic mass is 10.1. The van der Waals surface area contributed by atoms with Crippen LogP contribution in [0.4, 0.5) is 0 Å². The van der Waals surface area contributed by atoms with Gasteiger partial charge in [0.2, 0.25) is 10.0 Å². The molecule has 1 heterocycles. The Morgan fingerprint density at radius 1 is 1.00 bits per heavy atom. The highest BCUT2D eigenvalue weighted by atomic mass is 32.2. The minimum atomic E-state index is -3.90. The molecular formula is C22H20N2O6S2. The second-order valence-corrected chi connectivity index (χ2v) is 9.40. The number of benzene rings is 2. The van der Waals surface area contributed by atoms with Crippen molar-refractivity contribution < 1.29 is 27.5 Å². The third-order valence-electron chi connectivity index (χ3n) is 4.35. The van der Waals surface area contributed by atoms with Gasteiger partial charge in [0.05, 0.1) is 15.3 Å². The average Bonchev–Trinajstić information content (AvgIpc) is 3.32. The van der Waals surface area contributed by atoms with Crippen LogP contribution in [0.1, 0.15) is 31.2 Å². The van der Waals surface area contributed by atoms with Crippen LogP contribution in [0, 0.1) is 6.92 Å². The highest BCUT2D eigenvalue weighted by Gasteiger charge is 2.20. The number of sulfonamides is 1. The molecule has 8 nitrogen and oxygen atoms in total. The molecule has 10 heteroatoms. The smallest absolute Gasteiger partial charge is 0.338 e. The third-order valence-corrected chi connectivity index (χ3v) is 6.77. The molecule has 0 aliphatic heterocycles. The van der Waals surface area contributed by atoms with E-state index in [4.69, 9.17) is 4.74 Å². The quantitative estimate of drug-likeness (QED) is 0.487. The number of esters is 1. The fourth-order valence-corrected chi connectivity index (χ4v) is 4.62. The lowest BCUT2D eigenvalue weighted by molar-refractivity contribution is -0.123. The Bertz CT molecular complexity index is 1220. The summed E-state index contributed by atoms with van der Waals surface area (Å²) in [6.45, 7) is 1.02. The molecule has 3 aromatic rings. The molecule has 2 amide bonds. The predicted molar refractivity (Wildman–Crippen MR) is 119 cm³/mol. The first-order chi connectivity index (χ1) is 15.3. The van der Waals surface area contributed by atoms with Crippen molar-refractivity contribution >= 4 is 39.1 Å². The number of ether oxygens (including phenoxy) is 1. The summed E-state index contributed by atoms with van der Waals surface area (Å²) in [6.07, 6.45) is 0. The van der Waals surface area contributed by atoms with E-state index in [1.807, 2.05) is 6.07 Å². The van der Waals surface area contributed by atoms with Crippen LogP contribution in [0.25, 0.3) is 0 Å². The molecule has 0 saturated heterocycles. The van der Waals surface area contributed by atoms with E-state index >= 15 is 0 Å². The maximum absolute atomic E-state index is 12.7. The summed E-state index contributed by atoms with van der Waals surface area (Å²) in [5, 5.41) is 3.81. The summed E-state index contributed by atoms with van der Waals surface area (Å²) in [5.41, 5.74) is 1.20. The maximum atomic E-state index is 12.7. The number of carbonyl (C=O) groups is 3. The van der Waals surface area contributed by atoms with E-state index in [2.05, 4.69) is 10.0 Å². The molecule has 0 saturated carbocycles. The zero-order valence-electron chi connectivity index (χ0n) is 17.0. The van der Waals surface area contributed by atoms with Crippen LogP contribution < -0.4 is 10.0 Å². The van der Waals surface area contributed by atoms with Crippen LogP contribution in [0.5, 0.6) is 0 Å². The summed E-state index contributed by atoms with van der Waals surface area (Å²) < 4.78 is 32.9. The largest absolute Gasteiger partial charge is 0.452 e. The van der Waals surface area contributed by atoms with Crippen LogP contribution in [0.2, 0.25) is 0 Å². The molecule has 2 aromatic carbocycles. The highest BCUT2D eigenvalue weighted by molar-refractivity contribution is 7.89. The van der Waals surface area contributed by atoms with Gasteiger partial charge in [-0.15, -0.1) is 11.3 Å². The lowest BCUT2D eigenvalue weighted by Gasteiger charge is -2.11. The van der Waals surface area contributed by atoms with Crippen molar-refractivity contribution in [2.75, 3.05) is 6.61 Å². The molecular weight excluding hydrogens is 452 g/mol. The van der Waals surface area contributed by atoms with Gasteiger partial charge in [0.15, 0.2) is 6.61 Å². The van der Waals surface area contributed by atoms with E-state index in [1.54, 1.807) is 48.7 Å². The predicted octanol–water partition coefficient (Wildman–Crippen LogP) is 2.65. The number of rotatable bonds is 8. The van der Waals surface area contributed by atoms with E-state index in [0.29, 0.717) is 10.4 Å². The van der Waals surface area contributed by atoms with Gasteiger partial charge in [0.1, 0.15) is 0 Å². The monoisotopic (exact) mass is 472 g/mol. The minimum absolute atomic E-state index is 0.0342. The summed E-state index contributed by atoms with van der Waals surface area (Å²) in [5.74, 6) is -2.27. The molecule has 166 valence electrons. The van der Waals surface area contributed by atoms with Gasteiger partial charge in [-0.2, -0.15) is 0 Å². The Morgan fingerprint density at radius 2 is 1.75 bits per heavy atom. The molecule has 2 N–H and O–H groups in total. The van der Waals surface area contributed by atoms with Crippen molar-refractivity contribution in [3.05, 3.63) is 87.6 Å². The second-order valence-electron chi connectivity index (χ2n) is 6.72. The summed E-state index contributed by atoms with van der Waals surface area (Å²) in [4.78, 5) is 36.3. The zero-order chi connectivity index (χ0) is 23.1. The number of imide groups is 1. The fourth-order valence-electron chi connectivity index (χ4n) is 2.72. The number of amides is 2. The molecule has 0 spiro atoms. The summed E-state index contributed by atoms with van der Waals surface area (Å²) >= 11 is 1.17. The van der Waals surface area contributed by atoms with Crippen molar-refractivity contribution in [2.24, 2.45) is 0 Å². The molecule has 1 aromatic heterocycles. The standard InChI is InChI=1S/C22H20N2O6S2/c1-15-9-10-17(12-19(15)32(28,29)23-13-16-6-3-2-4-7-16)22(27)30-14-20(25)24-21(26)18-8-5-11-31-18/h2-12,23H,13-14H2,1H3,(H,24,25,26). The first-order valence-corrected chi connectivity index (χ1v) is 11.8.